The van der Waals surface area contributed by atoms with Crippen molar-refractivity contribution in [3.8, 4) is 11.6 Å². The number of benzene rings is 1. The lowest BCUT2D eigenvalue weighted by atomic mass is 9.90. The number of nitrogens with one attached hydrogen (secondary N) is 1. The molecule has 5 heteroatoms. The van der Waals surface area contributed by atoms with Crippen LogP contribution in [0.15, 0.2) is 42.6 Å². The topological polar surface area (TPSA) is 60.5 Å². The summed E-state index contributed by atoms with van der Waals surface area (Å²) in [5.74, 6) is 1.08. The number of hydrogen-bond donors (Lipinski definition) is 1. The molecule has 1 aliphatic heterocycles. The number of rotatable bonds is 4. The first kappa shape index (κ1) is 16.5. The van der Waals surface area contributed by atoms with Gasteiger partial charge in [0.2, 0.25) is 11.8 Å². The molecule has 0 radical (unpaired) electrons. The average molecular weight is 326 g/mol. The van der Waals surface area contributed by atoms with Crippen molar-refractivity contribution >= 4 is 11.6 Å². The first-order chi connectivity index (χ1) is 11.4. The molecule has 1 atom stereocenters. The lowest BCUT2D eigenvalue weighted by Gasteiger charge is -2.24. The van der Waals surface area contributed by atoms with Gasteiger partial charge in [-0.2, -0.15) is 0 Å². The van der Waals surface area contributed by atoms with Crippen LogP contribution in [0.2, 0.25) is 0 Å². The summed E-state index contributed by atoms with van der Waals surface area (Å²) in [5, 5.41) is 2.95. The molecule has 0 spiro atoms. The van der Waals surface area contributed by atoms with Crippen molar-refractivity contribution < 1.29 is 14.3 Å². The Morgan fingerprint density at radius 3 is 2.58 bits per heavy atom. The highest BCUT2D eigenvalue weighted by Gasteiger charge is 2.40. The summed E-state index contributed by atoms with van der Waals surface area (Å²) in [7, 11) is 0. The Hall–Kier alpha value is -2.40. The first-order valence-corrected chi connectivity index (χ1v) is 8.09. The number of carbonyl (C=O) groups excluding carboxylic acids is 1. The monoisotopic (exact) mass is 326 g/mol. The number of aromatic nitrogens is 1. The summed E-state index contributed by atoms with van der Waals surface area (Å²) in [5.41, 5.74) is 1.41. The highest BCUT2D eigenvalue weighted by atomic mass is 16.5. The summed E-state index contributed by atoms with van der Waals surface area (Å²) in [6.45, 7) is 6.51. The minimum absolute atomic E-state index is 0.00799. The number of amides is 1. The summed E-state index contributed by atoms with van der Waals surface area (Å²) >= 11 is 0. The molecule has 0 bridgehead atoms. The molecule has 126 valence electrons. The molecule has 1 aromatic carbocycles. The summed E-state index contributed by atoms with van der Waals surface area (Å²) in [4.78, 5) is 16.6. The quantitative estimate of drug-likeness (QED) is 0.924. The van der Waals surface area contributed by atoms with E-state index >= 15 is 0 Å². The van der Waals surface area contributed by atoms with Crippen LogP contribution in [-0.4, -0.2) is 23.1 Å². The van der Waals surface area contributed by atoms with Crippen molar-refractivity contribution in [2.24, 2.45) is 5.92 Å². The minimum atomic E-state index is -0.412. The zero-order chi connectivity index (χ0) is 17.2. The molecular formula is C19H22N2O3. The van der Waals surface area contributed by atoms with Crippen molar-refractivity contribution in [3.05, 3.63) is 48.2 Å². The summed E-state index contributed by atoms with van der Waals surface area (Å²) in [6, 6.07) is 11.0. The Balaban J connectivity index is 1.62. The van der Waals surface area contributed by atoms with Crippen LogP contribution in [0.1, 0.15) is 25.8 Å². The van der Waals surface area contributed by atoms with E-state index in [2.05, 4.69) is 10.3 Å². The molecule has 2 aromatic rings. The SMILES string of the molecule is Cc1ccc(Oc2ccc(NC(=O)C3CCOC3(C)C)cc2)nc1. The van der Waals surface area contributed by atoms with Gasteiger partial charge in [-0.25, -0.2) is 4.98 Å². The molecule has 5 nitrogen and oxygen atoms in total. The zero-order valence-electron chi connectivity index (χ0n) is 14.2. The molecule has 24 heavy (non-hydrogen) atoms. The maximum atomic E-state index is 12.4. The maximum absolute atomic E-state index is 12.4. The van der Waals surface area contributed by atoms with Crippen LogP contribution in [0.3, 0.4) is 0 Å². The summed E-state index contributed by atoms with van der Waals surface area (Å²) in [6.07, 6.45) is 2.51. The van der Waals surface area contributed by atoms with Gasteiger partial charge in [-0.05, 0) is 57.0 Å². The van der Waals surface area contributed by atoms with Crippen molar-refractivity contribution in [1.82, 2.24) is 4.98 Å². The number of pyridine rings is 1. The van der Waals surface area contributed by atoms with Gasteiger partial charge in [0.1, 0.15) is 5.75 Å². The predicted octanol–water partition coefficient (Wildman–Crippen LogP) is 3.94. The summed E-state index contributed by atoms with van der Waals surface area (Å²) < 4.78 is 11.3. The Kier molecular flexibility index (Phi) is 4.53. The van der Waals surface area contributed by atoms with Gasteiger partial charge in [-0.1, -0.05) is 6.07 Å². The molecule has 0 aliphatic carbocycles. The van der Waals surface area contributed by atoms with Crippen LogP contribution < -0.4 is 10.1 Å². The van der Waals surface area contributed by atoms with E-state index in [-0.39, 0.29) is 11.8 Å². The lowest BCUT2D eigenvalue weighted by Crippen LogP contribution is -2.36. The third kappa shape index (κ3) is 3.74. The number of anilines is 1. The van der Waals surface area contributed by atoms with Crippen LogP contribution >= 0.6 is 0 Å². The second kappa shape index (κ2) is 6.61. The van der Waals surface area contributed by atoms with Crippen LogP contribution in [0, 0.1) is 12.8 Å². The number of nitrogens with zero attached hydrogens (tertiary/aromatic N) is 1. The number of carbonyl (C=O) groups is 1. The number of ether oxygens (including phenoxy) is 2. The van der Waals surface area contributed by atoms with E-state index in [1.54, 1.807) is 6.20 Å². The fourth-order valence-corrected chi connectivity index (χ4v) is 2.81. The van der Waals surface area contributed by atoms with Crippen LogP contribution in [0.5, 0.6) is 11.6 Å². The molecule has 3 rings (SSSR count). The van der Waals surface area contributed by atoms with Gasteiger partial charge in [0, 0.05) is 24.6 Å². The molecular weight excluding hydrogens is 304 g/mol. The van der Waals surface area contributed by atoms with Gasteiger partial charge in [-0.15, -0.1) is 0 Å². The van der Waals surface area contributed by atoms with Crippen LogP contribution in [-0.2, 0) is 9.53 Å². The molecule has 1 N–H and O–H groups in total. The average Bonchev–Trinajstić information content (AvgIpc) is 2.91. The van der Waals surface area contributed by atoms with Gasteiger partial charge < -0.3 is 14.8 Å². The van der Waals surface area contributed by atoms with Crippen molar-refractivity contribution in [1.29, 1.82) is 0 Å². The second-order valence-corrected chi connectivity index (χ2v) is 6.58. The molecule has 1 unspecified atom stereocenters. The van der Waals surface area contributed by atoms with Gasteiger partial charge >= 0.3 is 0 Å². The largest absolute Gasteiger partial charge is 0.439 e. The van der Waals surface area contributed by atoms with E-state index < -0.39 is 5.60 Å². The van der Waals surface area contributed by atoms with Crippen molar-refractivity contribution in [2.75, 3.05) is 11.9 Å². The second-order valence-electron chi connectivity index (χ2n) is 6.58. The molecule has 1 fully saturated rings. The standard InChI is InChI=1S/C19H22N2O3/c1-13-4-9-17(20-12-13)24-15-7-5-14(6-8-15)21-18(22)16-10-11-23-19(16,2)3/h4-9,12,16H,10-11H2,1-3H3,(H,21,22). The lowest BCUT2D eigenvalue weighted by molar-refractivity contribution is -0.124. The Morgan fingerprint density at radius 2 is 2.00 bits per heavy atom. The Morgan fingerprint density at radius 1 is 1.25 bits per heavy atom. The maximum Gasteiger partial charge on any atom is 0.230 e. The third-order valence-electron chi connectivity index (χ3n) is 4.26. The fraction of sp³-hybridized carbons (Fsp3) is 0.368. The minimum Gasteiger partial charge on any atom is -0.439 e. The van der Waals surface area contributed by atoms with E-state index in [0.717, 1.165) is 17.7 Å². The molecule has 1 aliphatic rings. The Bertz CT molecular complexity index is 708. The highest BCUT2D eigenvalue weighted by molar-refractivity contribution is 5.93. The predicted molar refractivity (Wildman–Crippen MR) is 92.3 cm³/mol. The van der Waals surface area contributed by atoms with Crippen LogP contribution in [0.25, 0.3) is 0 Å². The van der Waals surface area contributed by atoms with E-state index in [4.69, 9.17) is 9.47 Å². The zero-order valence-corrected chi connectivity index (χ0v) is 14.2. The Labute approximate surface area is 142 Å². The molecule has 0 saturated carbocycles. The normalized spacial score (nSPS) is 19.0. The number of aryl methyl sites for hydroxylation is 1. The van der Waals surface area contributed by atoms with E-state index in [1.807, 2.05) is 57.2 Å². The van der Waals surface area contributed by atoms with E-state index in [9.17, 15) is 4.79 Å². The van der Waals surface area contributed by atoms with E-state index in [0.29, 0.717) is 18.2 Å². The fourth-order valence-electron chi connectivity index (χ4n) is 2.81. The third-order valence-corrected chi connectivity index (χ3v) is 4.26. The molecule has 2 heterocycles. The van der Waals surface area contributed by atoms with Gasteiger partial charge in [0.15, 0.2) is 0 Å². The van der Waals surface area contributed by atoms with Gasteiger partial charge in [0.05, 0.1) is 11.5 Å². The number of hydrogen-bond acceptors (Lipinski definition) is 4. The van der Waals surface area contributed by atoms with Crippen molar-refractivity contribution in [2.45, 2.75) is 32.8 Å². The first-order valence-electron chi connectivity index (χ1n) is 8.09. The molecule has 1 saturated heterocycles. The molecule has 1 amide bonds. The van der Waals surface area contributed by atoms with Crippen LogP contribution in [0.4, 0.5) is 5.69 Å². The smallest absolute Gasteiger partial charge is 0.230 e. The van der Waals surface area contributed by atoms with Crippen molar-refractivity contribution in [3.63, 3.8) is 0 Å². The van der Waals surface area contributed by atoms with Gasteiger partial charge in [-0.3, -0.25) is 4.79 Å². The highest BCUT2D eigenvalue weighted by Crippen LogP contribution is 2.32. The molecule has 1 aromatic heterocycles. The van der Waals surface area contributed by atoms with E-state index in [1.165, 1.54) is 0 Å². The van der Waals surface area contributed by atoms with Gasteiger partial charge in [0.25, 0.3) is 0 Å².